The number of morpholine rings is 1. The van der Waals surface area contributed by atoms with Gasteiger partial charge in [0.15, 0.2) is 0 Å². The summed E-state index contributed by atoms with van der Waals surface area (Å²) in [5.41, 5.74) is 0. The Balaban J connectivity index is 2.20. The number of nitrogens with one attached hydrogen (secondary N) is 2. The summed E-state index contributed by atoms with van der Waals surface area (Å²) < 4.78 is 5.61. The number of hydrogen-bond donors (Lipinski definition) is 2. The van der Waals surface area contributed by atoms with E-state index in [1.165, 1.54) is 0 Å². The molecule has 0 aliphatic carbocycles. The third kappa shape index (κ3) is 5.30. The lowest BCUT2D eigenvalue weighted by atomic mass is 10.2. The van der Waals surface area contributed by atoms with E-state index in [4.69, 9.17) is 4.74 Å². The van der Waals surface area contributed by atoms with E-state index in [1.54, 1.807) is 6.08 Å². The second kappa shape index (κ2) is 7.42. The first-order chi connectivity index (χ1) is 8.13. The van der Waals surface area contributed by atoms with Gasteiger partial charge in [-0.25, -0.2) is 0 Å². The molecule has 1 heterocycles. The third-order valence-electron chi connectivity index (χ3n) is 2.81. The number of carbonyl (C=O) groups is 1. The van der Waals surface area contributed by atoms with Crippen LogP contribution in [0, 0.1) is 0 Å². The third-order valence-corrected chi connectivity index (χ3v) is 2.81. The van der Waals surface area contributed by atoms with E-state index in [2.05, 4.69) is 29.2 Å². The summed E-state index contributed by atoms with van der Waals surface area (Å²) in [5.74, 6) is -0.00550. The van der Waals surface area contributed by atoms with Gasteiger partial charge in [0.1, 0.15) is 0 Å². The molecule has 1 rings (SSSR count). The Kier molecular flexibility index (Phi) is 6.18. The maximum absolute atomic E-state index is 11.6. The molecule has 5 heteroatoms. The highest BCUT2D eigenvalue weighted by Gasteiger charge is 2.19. The topological polar surface area (TPSA) is 53.6 Å². The van der Waals surface area contributed by atoms with Crippen LogP contribution in [0.15, 0.2) is 12.7 Å². The average Bonchev–Trinajstić information content (AvgIpc) is 2.33. The molecule has 0 aromatic heterocycles. The van der Waals surface area contributed by atoms with Gasteiger partial charge in [-0.15, -0.1) is 6.58 Å². The molecule has 0 saturated carbocycles. The Labute approximate surface area is 103 Å². The molecule has 1 fully saturated rings. The first-order valence-corrected chi connectivity index (χ1v) is 6.05. The highest BCUT2D eigenvalue weighted by Crippen LogP contribution is 2.01. The van der Waals surface area contributed by atoms with Crippen LogP contribution >= 0.6 is 0 Å². The van der Waals surface area contributed by atoms with Gasteiger partial charge < -0.3 is 20.3 Å². The van der Waals surface area contributed by atoms with Gasteiger partial charge in [0.2, 0.25) is 5.91 Å². The van der Waals surface area contributed by atoms with Crippen LogP contribution in [0.4, 0.5) is 0 Å². The second-order valence-corrected chi connectivity index (χ2v) is 4.42. The second-order valence-electron chi connectivity index (χ2n) is 4.42. The largest absolute Gasteiger partial charge is 0.374 e. The predicted molar refractivity (Wildman–Crippen MR) is 67.9 cm³/mol. The Bertz CT molecular complexity index is 258. The summed E-state index contributed by atoms with van der Waals surface area (Å²) >= 11 is 0. The molecular formula is C12H23N3O2. The molecule has 1 amide bonds. The monoisotopic (exact) mass is 241 g/mol. The zero-order chi connectivity index (χ0) is 12.7. The van der Waals surface area contributed by atoms with Gasteiger partial charge in [-0.2, -0.15) is 0 Å². The summed E-state index contributed by atoms with van der Waals surface area (Å²) in [7, 11) is 2.08. The number of hydrogen-bond acceptors (Lipinski definition) is 4. The first kappa shape index (κ1) is 14.2. The van der Waals surface area contributed by atoms with Gasteiger partial charge >= 0.3 is 0 Å². The van der Waals surface area contributed by atoms with Crippen LogP contribution in [0.1, 0.15) is 6.92 Å². The standard InChI is InChI=1S/C12H23N3O2/c1-4-5-13-12(16)10(2)14-8-11-9-15(3)6-7-17-11/h4,10-11,14H,1,5-9H2,2-3H3,(H,13,16)/t10-,11-/m0/s1. The molecule has 1 saturated heterocycles. The van der Waals surface area contributed by atoms with E-state index in [-0.39, 0.29) is 18.1 Å². The zero-order valence-corrected chi connectivity index (χ0v) is 10.7. The Morgan fingerprint density at radius 1 is 1.71 bits per heavy atom. The van der Waals surface area contributed by atoms with Crippen molar-refractivity contribution in [1.82, 2.24) is 15.5 Å². The van der Waals surface area contributed by atoms with Crippen LogP contribution in [0.2, 0.25) is 0 Å². The fourth-order valence-electron chi connectivity index (χ4n) is 1.72. The number of amides is 1. The van der Waals surface area contributed by atoms with Crippen LogP contribution in [0.5, 0.6) is 0 Å². The summed E-state index contributed by atoms with van der Waals surface area (Å²) in [6.45, 7) is 9.27. The molecule has 98 valence electrons. The van der Waals surface area contributed by atoms with Crippen molar-refractivity contribution in [1.29, 1.82) is 0 Å². The molecule has 0 radical (unpaired) electrons. The van der Waals surface area contributed by atoms with Gasteiger partial charge in [-0.1, -0.05) is 6.08 Å². The fourth-order valence-corrected chi connectivity index (χ4v) is 1.72. The summed E-state index contributed by atoms with van der Waals surface area (Å²) in [4.78, 5) is 13.8. The molecule has 5 nitrogen and oxygen atoms in total. The van der Waals surface area contributed by atoms with E-state index in [1.807, 2.05) is 6.92 Å². The van der Waals surface area contributed by atoms with Crippen LogP contribution in [-0.2, 0) is 9.53 Å². The molecule has 0 aromatic rings. The van der Waals surface area contributed by atoms with Crippen molar-refractivity contribution in [3.05, 3.63) is 12.7 Å². The van der Waals surface area contributed by atoms with Gasteiger partial charge in [-0.3, -0.25) is 4.79 Å². The maximum Gasteiger partial charge on any atom is 0.237 e. The van der Waals surface area contributed by atoms with Crippen molar-refractivity contribution in [3.63, 3.8) is 0 Å². The highest BCUT2D eigenvalue weighted by atomic mass is 16.5. The molecule has 0 bridgehead atoms. The van der Waals surface area contributed by atoms with E-state index >= 15 is 0 Å². The van der Waals surface area contributed by atoms with Crippen molar-refractivity contribution in [2.75, 3.05) is 39.8 Å². The molecule has 1 aliphatic heterocycles. The predicted octanol–water partition coefficient (Wildman–Crippen LogP) is -0.403. The summed E-state index contributed by atoms with van der Waals surface area (Å²) in [6.07, 6.45) is 1.84. The quantitative estimate of drug-likeness (QED) is 0.621. The molecule has 0 aromatic carbocycles. The first-order valence-electron chi connectivity index (χ1n) is 6.05. The number of rotatable bonds is 6. The average molecular weight is 241 g/mol. The fraction of sp³-hybridized carbons (Fsp3) is 0.750. The van der Waals surface area contributed by atoms with E-state index in [0.29, 0.717) is 13.1 Å². The smallest absolute Gasteiger partial charge is 0.237 e. The minimum Gasteiger partial charge on any atom is -0.374 e. The number of likely N-dealkylation sites (N-methyl/N-ethyl adjacent to an activating group) is 1. The Morgan fingerprint density at radius 3 is 3.12 bits per heavy atom. The zero-order valence-electron chi connectivity index (χ0n) is 10.7. The number of ether oxygens (including phenoxy) is 1. The normalized spacial score (nSPS) is 23.1. The molecule has 0 spiro atoms. The van der Waals surface area contributed by atoms with Crippen LogP contribution in [0.3, 0.4) is 0 Å². The van der Waals surface area contributed by atoms with E-state index in [0.717, 1.165) is 19.7 Å². The van der Waals surface area contributed by atoms with Crippen molar-refractivity contribution < 1.29 is 9.53 Å². The lowest BCUT2D eigenvalue weighted by Crippen LogP contribution is -2.49. The van der Waals surface area contributed by atoms with Crippen LogP contribution in [-0.4, -0.2) is 62.8 Å². The Hall–Kier alpha value is -0.910. The van der Waals surface area contributed by atoms with Crippen molar-refractivity contribution in [3.8, 4) is 0 Å². The van der Waals surface area contributed by atoms with Crippen molar-refractivity contribution in [2.24, 2.45) is 0 Å². The van der Waals surface area contributed by atoms with Gasteiger partial charge in [0.25, 0.3) is 0 Å². The van der Waals surface area contributed by atoms with Crippen molar-refractivity contribution >= 4 is 5.91 Å². The molecule has 1 aliphatic rings. The maximum atomic E-state index is 11.6. The van der Waals surface area contributed by atoms with Crippen molar-refractivity contribution in [2.45, 2.75) is 19.1 Å². The van der Waals surface area contributed by atoms with E-state index in [9.17, 15) is 4.79 Å². The van der Waals surface area contributed by atoms with Crippen LogP contribution in [0.25, 0.3) is 0 Å². The SMILES string of the molecule is C=CCNC(=O)[C@H](C)NC[C@H]1CN(C)CCO1. The lowest BCUT2D eigenvalue weighted by molar-refractivity contribution is -0.122. The number of carbonyl (C=O) groups excluding carboxylic acids is 1. The van der Waals surface area contributed by atoms with Gasteiger partial charge in [0, 0.05) is 26.2 Å². The highest BCUT2D eigenvalue weighted by molar-refractivity contribution is 5.81. The van der Waals surface area contributed by atoms with Gasteiger partial charge in [0.05, 0.1) is 18.8 Å². The molecular weight excluding hydrogens is 218 g/mol. The molecule has 17 heavy (non-hydrogen) atoms. The van der Waals surface area contributed by atoms with E-state index < -0.39 is 0 Å². The lowest BCUT2D eigenvalue weighted by Gasteiger charge is -2.30. The minimum atomic E-state index is -0.203. The molecule has 2 N–H and O–H groups in total. The molecule has 0 unspecified atom stereocenters. The minimum absolute atomic E-state index is 0.00550. The van der Waals surface area contributed by atoms with Gasteiger partial charge in [-0.05, 0) is 14.0 Å². The summed E-state index contributed by atoms with van der Waals surface area (Å²) in [5, 5.41) is 5.94. The molecule has 2 atom stereocenters. The van der Waals surface area contributed by atoms with Crippen LogP contribution < -0.4 is 10.6 Å². The Morgan fingerprint density at radius 2 is 2.47 bits per heavy atom. The summed E-state index contributed by atoms with van der Waals surface area (Å²) in [6, 6.07) is -0.203. The number of nitrogens with zero attached hydrogens (tertiary/aromatic N) is 1.